The van der Waals surface area contributed by atoms with Crippen LogP contribution in [-0.2, 0) is 9.59 Å². The topological polar surface area (TPSA) is 76.7 Å². The van der Waals surface area contributed by atoms with Crippen molar-refractivity contribution in [3.05, 3.63) is 47.5 Å². The number of ether oxygens (including phenoxy) is 2. The van der Waals surface area contributed by atoms with Crippen molar-refractivity contribution in [3.63, 3.8) is 0 Å². The summed E-state index contributed by atoms with van der Waals surface area (Å²) in [6.45, 7) is 7.13. The van der Waals surface area contributed by atoms with E-state index in [0.717, 1.165) is 11.1 Å². The molecule has 0 unspecified atom stereocenters. The normalized spacial score (nSPS) is 10.9. The lowest BCUT2D eigenvalue weighted by molar-refractivity contribution is -0.135. The maximum absolute atomic E-state index is 12.8. The van der Waals surface area contributed by atoms with Crippen LogP contribution in [-0.4, -0.2) is 26.0 Å². The predicted octanol–water partition coefficient (Wildman–Crippen LogP) is 3.92. The van der Waals surface area contributed by atoms with Gasteiger partial charge in [-0.05, 0) is 63.1 Å². The maximum atomic E-state index is 12.8. The number of hydrogen-bond donors (Lipinski definition) is 2. The van der Waals surface area contributed by atoms with Crippen LogP contribution in [0, 0.1) is 19.3 Å². The molecule has 6 nitrogen and oxygen atoms in total. The number of nitrogens with one attached hydrogen (secondary N) is 2. The summed E-state index contributed by atoms with van der Waals surface area (Å²) in [6.07, 6.45) is 0. The zero-order valence-electron chi connectivity index (χ0n) is 16.6. The Bertz CT molecular complexity index is 859. The van der Waals surface area contributed by atoms with Gasteiger partial charge in [0.2, 0.25) is 11.8 Å². The van der Waals surface area contributed by atoms with E-state index in [2.05, 4.69) is 10.6 Å². The lowest BCUT2D eigenvalue weighted by Gasteiger charge is -2.23. The van der Waals surface area contributed by atoms with Crippen molar-refractivity contribution in [2.75, 3.05) is 24.9 Å². The first-order valence-electron chi connectivity index (χ1n) is 8.61. The van der Waals surface area contributed by atoms with Gasteiger partial charge < -0.3 is 20.1 Å². The number of carbonyl (C=O) groups excluding carboxylic acids is 2. The highest BCUT2D eigenvalue weighted by molar-refractivity contribution is 6.14. The molecule has 6 heteroatoms. The summed E-state index contributed by atoms with van der Waals surface area (Å²) in [4.78, 5) is 25.4. The minimum atomic E-state index is -1.29. The molecule has 0 aliphatic carbocycles. The minimum absolute atomic E-state index is 0.393. The van der Waals surface area contributed by atoms with E-state index in [0.29, 0.717) is 22.9 Å². The molecular weight excluding hydrogens is 344 g/mol. The van der Waals surface area contributed by atoms with Gasteiger partial charge in [0.05, 0.1) is 19.9 Å². The second-order valence-electron chi connectivity index (χ2n) is 6.90. The van der Waals surface area contributed by atoms with Crippen molar-refractivity contribution >= 4 is 23.2 Å². The van der Waals surface area contributed by atoms with Crippen molar-refractivity contribution in [2.45, 2.75) is 27.7 Å². The van der Waals surface area contributed by atoms with Gasteiger partial charge in [-0.15, -0.1) is 0 Å². The zero-order valence-corrected chi connectivity index (χ0v) is 16.6. The number of amides is 2. The van der Waals surface area contributed by atoms with Crippen molar-refractivity contribution < 1.29 is 19.1 Å². The molecule has 0 spiro atoms. The summed E-state index contributed by atoms with van der Waals surface area (Å²) < 4.78 is 10.4. The monoisotopic (exact) mass is 370 g/mol. The number of benzene rings is 2. The van der Waals surface area contributed by atoms with Crippen molar-refractivity contribution in [1.29, 1.82) is 0 Å². The first kappa shape index (κ1) is 20.3. The SMILES string of the molecule is COc1ccc(NC(=O)C(C)(C)C(=O)Nc2ccc(C)c(C)c2)c(OC)c1. The fourth-order valence-electron chi connectivity index (χ4n) is 2.39. The number of carbonyl (C=O) groups is 2. The quantitative estimate of drug-likeness (QED) is 0.756. The van der Waals surface area contributed by atoms with Crippen LogP contribution >= 0.6 is 0 Å². The molecule has 2 aromatic rings. The van der Waals surface area contributed by atoms with E-state index in [9.17, 15) is 9.59 Å². The molecule has 2 aromatic carbocycles. The van der Waals surface area contributed by atoms with E-state index in [1.54, 1.807) is 39.2 Å². The first-order chi connectivity index (χ1) is 12.7. The van der Waals surface area contributed by atoms with E-state index in [-0.39, 0.29) is 0 Å². The van der Waals surface area contributed by atoms with Crippen molar-refractivity contribution in [2.24, 2.45) is 5.41 Å². The van der Waals surface area contributed by atoms with Gasteiger partial charge in [-0.1, -0.05) is 6.07 Å². The second-order valence-corrected chi connectivity index (χ2v) is 6.90. The second kappa shape index (κ2) is 8.12. The molecule has 0 heterocycles. The van der Waals surface area contributed by atoms with Crippen LogP contribution in [0.2, 0.25) is 0 Å². The highest BCUT2D eigenvalue weighted by atomic mass is 16.5. The molecule has 0 saturated heterocycles. The molecule has 144 valence electrons. The molecule has 0 atom stereocenters. The maximum Gasteiger partial charge on any atom is 0.239 e. The zero-order chi connectivity index (χ0) is 20.2. The Morgan fingerprint density at radius 2 is 1.52 bits per heavy atom. The van der Waals surface area contributed by atoms with E-state index in [1.165, 1.54) is 7.11 Å². The summed E-state index contributed by atoms with van der Waals surface area (Å²) >= 11 is 0. The molecule has 2 N–H and O–H groups in total. The minimum Gasteiger partial charge on any atom is -0.497 e. The van der Waals surface area contributed by atoms with Gasteiger partial charge in [0.1, 0.15) is 16.9 Å². The van der Waals surface area contributed by atoms with Crippen molar-refractivity contribution in [3.8, 4) is 11.5 Å². The molecule has 0 aliphatic heterocycles. The van der Waals surface area contributed by atoms with Crippen LogP contribution in [0.25, 0.3) is 0 Å². The Balaban J connectivity index is 2.16. The molecule has 0 aromatic heterocycles. The highest BCUT2D eigenvalue weighted by Gasteiger charge is 2.36. The average Bonchev–Trinajstić information content (AvgIpc) is 2.64. The molecular formula is C21H26N2O4. The van der Waals surface area contributed by atoms with E-state index < -0.39 is 17.2 Å². The van der Waals surface area contributed by atoms with Gasteiger partial charge in [-0.3, -0.25) is 9.59 Å². The molecule has 27 heavy (non-hydrogen) atoms. The van der Waals surface area contributed by atoms with Crippen LogP contribution in [0.3, 0.4) is 0 Å². The standard InChI is InChI=1S/C21H26N2O4/c1-13-7-8-15(11-14(13)2)22-19(24)21(3,4)20(25)23-17-10-9-16(26-5)12-18(17)27-6/h7-12H,1-6H3,(H,22,24)(H,23,25). The summed E-state index contributed by atoms with van der Waals surface area (Å²) in [5, 5.41) is 5.57. The lowest BCUT2D eigenvalue weighted by atomic mass is 9.90. The summed E-state index contributed by atoms with van der Waals surface area (Å²) in [5.74, 6) is 0.229. The van der Waals surface area contributed by atoms with E-state index in [1.807, 2.05) is 32.0 Å². The predicted molar refractivity (Wildman–Crippen MR) is 107 cm³/mol. The van der Waals surface area contributed by atoms with Gasteiger partial charge >= 0.3 is 0 Å². The third-order valence-corrected chi connectivity index (χ3v) is 4.56. The van der Waals surface area contributed by atoms with Crippen LogP contribution in [0.4, 0.5) is 11.4 Å². The molecule has 0 radical (unpaired) electrons. The number of rotatable bonds is 6. The van der Waals surface area contributed by atoms with Gasteiger partial charge in [-0.2, -0.15) is 0 Å². The summed E-state index contributed by atoms with van der Waals surface area (Å²) in [5.41, 5.74) is 2.04. The molecule has 2 amide bonds. The van der Waals surface area contributed by atoms with Crippen molar-refractivity contribution in [1.82, 2.24) is 0 Å². The Morgan fingerprint density at radius 1 is 0.852 bits per heavy atom. The largest absolute Gasteiger partial charge is 0.497 e. The van der Waals surface area contributed by atoms with Gasteiger partial charge in [0.25, 0.3) is 0 Å². The van der Waals surface area contributed by atoms with Crippen LogP contribution < -0.4 is 20.1 Å². The van der Waals surface area contributed by atoms with Crippen LogP contribution in [0.15, 0.2) is 36.4 Å². The first-order valence-corrected chi connectivity index (χ1v) is 8.61. The molecule has 0 fully saturated rings. The third kappa shape index (κ3) is 4.58. The average molecular weight is 370 g/mol. The van der Waals surface area contributed by atoms with E-state index >= 15 is 0 Å². The Labute approximate surface area is 159 Å². The number of methoxy groups -OCH3 is 2. The Morgan fingerprint density at radius 3 is 2.11 bits per heavy atom. The van der Waals surface area contributed by atoms with Gasteiger partial charge in [0.15, 0.2) is 0 Å². The fraction of sp³-hybridized carbons (Fsp3) is 0.333. The number of hydrogen-bond acceptors (Lipinski definition) is 4. The molecule has 0 aliphatic rings. The highest BCUT2D eigenvalue weighted by Crippen LogP contribution is 2.31. The third-order valence-electron chi connectivity index (χ3n) is 4.56. The Hall–Kier alpha value is -3.02. The van der Waals surface area contributed by atoms with Crippen LogP contribution in [0.1, 0.15) is 25.0 Å². The lowest BCUT2D eigenvalue weighted by Crippen LogP contribution is -2.41. The van der Waals surface area contributed by atoms with Gasteiger partial charge in [0, 0.05) is 11.8 Å². The smallest absolute Gasteiger partial charge is 0.239 e. The summed E-state index contributed by atoms with van der Waals surface area (Å²) in [7, 11) is 3.05. The number of anilines is 2. The number of aryl methyl sites for hydroxylation is 2. The van der Waals surface area contributed by atoms with Crippen LogP contribution in [0.5, 0.6) is 11.5 Å². The summed E-state index contributed by atoms with van der Waals surface area (Å²) in [6, 6.07) is 10.7. The molecule has 0 saturated carbocycles. The van der Waals surface area contributed by atoms with Gasteiger partial charge in [-0.25, -0.2) is 0 Å². The molecule has 2 rings (SSSR count). The Kier molecular flexibility index (Phi) is 6.10. The fourth-order valence-corrected chi connectivity index (χ4v) is 2.39. The molecule has 0 bridgehead atoms. The van der Waals surface area contributed by atoms with E-state index in [4.69, 9.17) is 9.47 Å².